The van der Waals surface area contributed by atoms with Gasteiger partial charge in [-0.3, -0.25) is 13.9 Å². The molecule has 0 spiro atoms. The fourth-order valence-corrected chi connectivity index (χ4v) is 4.88. The standard InChI is InChI=1S/C27H28N8O3/c1-17-28-25-23(26(36)33(13-14-38-2)27(37)35(25)16-18-7-8-18)34(17)15-19-9-11-20(12-10-19)21-5-3-4-6-22(21)24-29-31-32-30-24/h3-6,9-12,18H,7-8,13-16H2,1-2H3,(H,29,30,31,32). The highest BCUT2D eigenvalue weighted by Gasteiger charge is 2.27. The van der Waals surface area contributed by atoms with Crippen molar-refractivity contribution in [3.63, 3.8) is 0 Å². The second-order valence-electron chi connectivity index (χ2n) is 9.70. The fraction of sp³-hybridized carbons (Fsp3) is 0.333. The number of hydrogen-bond acceptors (Lipinski definition) is 7. The van der Waals surface area contributed by atoms with Crippen molar-refractivity contribution in [1.29, 1.82) is 0 Å². The number of H-pyrrole nitrogens is 1. The van der Waals surface area contributed by atoms with Crippen LogP contribution in [0.3, 0.4) is 0 Å². The van der Waals surface area contributed by atoms with Gasteiger partial charge in [0.1, 0.15) is 5.82 Å². The smallest absolute Gasteiger partial charge is 0.332 e. The molecule has 0 radical (unpaired) electrons. The molecule has 5 aromatic rings. The molecule has 0 aliphatic heterocycles. The quantitative estimate of drug-likeness (QED) is 0.322. The molecule has 0 unspecified atom stereocenters. The van der Waals surface area contributed by atoms with E-state index in [1.807, 2.05) is 60.0 Å². The molecule has 1 N–H and O–H groups in total. The number of ether oxygens (including phenoxy) is 1. The minimum Gasteiger partial charge on any atom is -0.383 e. The summed E-state index contributed by atoms with van der Waals surface area (Å²) in [7, 11) is 1.56. The number of aromatic amines is 1. The zero-order valence-electron chi connectivity index (χ0n) is 21.3. The molecule has 194 valence electrons. The van der Waals surface area contributed by atoms with Crippen molar-refractivity contribution in [3.05, 3.63) is 80.8 Å². The minimum absolute atomic E-state index is 0.202. The Hall–Kier alpha value is -4.38. The highest BCUT2D eigenvalue weighted by atomic mass is 16.5. The summed E-state index contributed by atoms with van der Waals surface area (Å²) < 4.78 is 10.0. The summed E-state index contributed by atoms with van der Waals surface area (Å²) >= 11 is 0. The number of hydrogen-bond donors (Lipinski definition) is 1. The monoisotopic (exact) mass is 512 g/mol. The van der Waals surface area contributed by atoms with E-state index in [-0.39, 0.29) is 24.4 Å². The van der Waals surface area contributed by atoms with Crippen LogP contribution in [0.1, 0.15) is 24.2 Å². The number of benzene rings is 2. The molecule has 3 heterocycles. The average molecular weight is 513 g/mol. The molecular weight excluding hydrogens is 484 g/mol. The Balaban J connectivity index is 1.38. The number of nitrogens with zero attached hydrogens (tertiary/aromatic N) is 7. The first-order chi connectivity index (χ1) is 18.5. The zero-order chi connectivity index (χ0) is 26.2. The van der Waals surface area contributed by atoms with E-state index in [0.717, 1.165) is 35.1 Å². The van der Waals surface area contributed by atoms with Crippen LogP contribution >= 0.6 is 0 Å². The molecule has 11 nitrogen and oxygen atoms in total. The Bertz CT molecular complexity index is 1710. The molecule has 0 atom stereocenters. The Morgan fingerprint density at radius 3 is 2.45 bits per heavy atom. The van der Waals surface area contributed by atoms with Crippen LogP contribution in [0.5, 0.6) is 0 Å². The SMILES string of the molecule is COCCn1c(=O)c2c(nc(C)n2Cc2ccc(-c3ccccc3-c3nnn[nH]3)cc2)n(CC2CC2)c1=O. The van der Waals surface area contributed by atoms with Crippen LogP contribution in [-0.4, -0.2) is 53.0 Å². The van der Waals surface area contributed by atoms with Crippen molar-refractivity contribution < 1.29 is 4.74 Å². The van der Waals surface area contributed by atoms with Gasteiger partial charge in [-0.1, -0.05) is 48.5 Å². The zero-order valence-corrected chi connectivity index (χ0v) is 21.3. The Labute approximate surface area is 217 Å². The van der Waals surface area contributed by atoms with E-state index in [1.54, 1.807) is 11.7 Å². The molecule has 0 saturated heterocycles. The van der Waals surface area contributed by atoms with Gasteiger partial charge in [0.05, 0.1) is 13.2 Å². The van der Waals surface area contributed by atoms with E-state index in [2.05, 4.69) is 20.6 Å². The molecule has 1 fully saturated rings. The maximum atomic E-state index is 13.5. The lowest BCUT2D eigenvalue weighted by Gasteiger charge is -2.13. The van der Waals surface area contributed by atoms with Crippen LogP contribution < -0.4 is 11.2 Å². The van der Waals surface area contributed by atoms with Gasteiger partial charge in [0.2, 0.25) is 0 Å². The van der Waals surface area contributed by atoms with Crippen molar-refractivity contribution in [2.45, 2.75) is 39.4 Å². The Morgan fingerprint density at radius 1 is 1.00 bits per heavy atom. The number of methoxy groups -OCH3 is 1. The van der Waals surface area contributed by atoms with E-state index in [4.69, 9.17) is 9.72 Å². The van der Waals surface area contributed by atoms with Crippen LogP contribution in [-0.2, 0) is 24.4 Å². The molecule has 1 aliphatic rings. The third kappa shape index (κ3) is 4.34. The van der Waals surface area contributed by atoms with Gasteiger partial charge >= 0.3 is 5.69 Å². The molecule has 1 saturated carbocycles. The second-order valence-corrected chi connectivity index (χ2v) is 9.70. The first-order valence-electron chi connectivity index (χ1n) is 12.7. The molecule has 1 aliphatic carbocycles. The second kappa shape index (κ2) is 9.82. The number of aromatic nitrogens is 8. The van der Waals surface area contributed by atoms with Crippen molar-refractivity contribution in [3.8, 4) is 22.5 Å². The minimum atomic E-state index is -0.332. The van der Waals surface area contributed by atoms with Gasteiger partial charge in [-0.15, -0.1) is 5.10 Å². The molecule has 3 aromatic heterocycles. The predicted molar refractivity (Wildman–Crippen MR) is 142 cm³/mol. The first-order valence-corrected chi connectivity index (χ1v) is 12.7. The van der Waals surface area contributed by atoms with E-state index < -0.39 is 0 Å². The lowest BCUT2D eigenvalue weighted by atomic mass is 9.98. The maximum absolute atomic E-state index is 13.5. The topological polar surface area (TPSA) is 126 Å². The third-order valence-electron chi connectivity index (χ3n) is 7.10. The molecule has 11 heteroatoms. The van der Waals surface area contributed by atoms with E-state index in [9.17, 15) is 9.59 Å². The molecule has 6 rings (SSSR count). The van der Waals surface area contributed by atoms with Crippen LogP contribution in [0.4, 0.5) is 0 Å². The van der Waals surface area contributed by atoms with E-state index in [0.29, 0.717) is 41.8 Å². The van der Waals surface area contributed by atoms with Gasteiger partial charge in [-0.2, -0.15) is 0 Å². The fourth-order valence-electron chi connectivity index (χ4n) is 4.88. The predicted octanol–water partition coefficient (Wildman–Crippen LogP) is 2.62. The highest BCUT2D eigenvalue weighted by Crippen LogP contribution is 2.31. The first kappa shape index (κ1) is 24.0. The summed E-state index contributed by atoms with van der Waals surface area (Å²) in [6.45, 7) is 3.39. The highest BCUT2D eigenvalue weighted by molar-refractivity contribution is 5.80. The van der Waals surface area contributed by atoms with Crippen molar-refractivity contribution in [2.24, 2.45) is 5.92 Å². The summed E-state index contributed by atoms with van der Waals surface area (Å²) in [4.78, 5) is 31.5. The number of rotatable bonds is 9. The average Bonchev–Trinajstić information content (AvgIpc) is 3.47. The van der Waals surface area contributed by atoms with Gasteiger partial charge in [-0.05, 0) is 52.8 Å². The summed E-state index contributed by atoms with van der Waals surface area (Å²) in [5.41, 5.74) is 4.21. The number of imidazole rings is 1. The number of aryl methyl sites for hydroxylation is 1. The number of nitrogens with one attached hydrogen (secondary N) is 1. The normalized spacial score (nSPS) is 13.4. The Morgan fingerprint density at radius 2 is 1.76 bits per heavy atom. The lowest BCUT2D eigenvalue weighted by molar-refractivity contribution is 0.184. The summed E-state index contributed by atoms with van der Waals surface area (Å²) in [5, 5.41) is 14.3. The van der Waals surface area contributed by atoms with Crippen LogP contribution in [0.25, 0.3) is 33.7 Å². The summed E-state index contributed by atoms with van der Waals surface area (Å²) in [5.74, 6) is 1.75. The molecular formula is C27H28N8O3. The maximum Gasteiger partial charge on any atom is 0.332 e. The summed E-state index contributed by atoms with van der Waals surface area (Å²) in [6.07, 6.45) is 2.18. The Kier molecular flexibility index (Phi) is 6.20. The third-order valence-corrected chi connectivity index (χ3v) is 7.10. The van der Waals surface area contributed by atoms with Gasteiger partial charge in [-0.25, -0.2) is 14.9 Å². The molecule has 0 bridgehead atoms. The van der Waals surface area contributed by atoms with Gasteiger partial charge in [0.15, 0.2) is 17.0 Å². The number of tetrazole rings is 1. The molecule has 2 aromatic carbocycles. The van der Waals surface area contributed by atoms with Crippen molar-refractivity contribution >= 4 is 11.2 Å². The van der Waals surface area contributed by atoms with E-state index in [1.165, 1.54) is 4.57 Å². The number of fused-ring (bicyclic) bond motifs is 1. The van der Waals surface area contributed by atoms with Crippen molar-refractivity contribution in [1.82, 2.24) is 39.3 Å². The molecule has 38 heavy (non-hydrogen) atoms. The largest absolute Gasteiger partial charge is 0.383 e. The van der Waals surface area contributed by atoms with Crippen LogP contribution in [0, 0.1) is 12.8 Å². The summed E-state index contributed by atoms with van der Waals surface area (Å²) in [6, 6.07) is 16.1. The van der Waals surface area contributed by atoms with Gasteiger partial charge in [0, 0.05) is 25.8 Å². The van der Waals surface area contributed by atoms with E-state index >= 15 is 0 Å². The van der Waals surface area contributed by atoms with Crippen LogP contribution in [0.15, 0.2) is 58.1 Å². The van der Waals surface area contributed by atoms with Crippen molar-refractivity contribution in [2.75, 3.05) is 13.7 Å². The van der Waals surface area contributed by atoms with Gasteiger partial charge in [0.25, 0.3) is 5.56 Å². The lowest BCUT2D eigenvalue weighted by Crippen LogP contribution is -2.41. The molecule has 0 amide bonds. The van der Waals surface area contributed by atoms with Crippen LogP contribution in [0.2, 0.25) is 0 Å². The van der Waals surface area contributed by atoms with Gasteiger partial charge < -0.3 is 9.30 Å².